The van der Waals surface area contributed by atoms with Gasteiger partial charge in [0.25, 0.3) is 5.91 Å². The summed E-state index contributed by atoms with van der Waals surface area (Å²) >= 11 is 0. The molecule has 0 aliphatic rings. The fourth-order valence-electron chi connectivity index (χ4n) is 1.69. The topological polar surface area (TPSA) is 132 Å². The first-order valence-electron chi connectivity index (χ1n) is 5.66. The van der Waals surface area contributed by atoms with Crippen LogP contribution in [0.25, 0.3) is 11.0 Å². The number of hydrogen-bond donors (Lipinski definition) is 4. The predicted octanol–water partition coefficient (Wildman–Crippen LogP) is 0.221. The maximum atomic E-state index is 11.9. The number of rotatable bonds is 5. The van der Waals surface area contributed by atoms with Crippen LogP contribution in [0.2, 0.25) is 0 Å². The molecule has 1 heterocycles. The number of amides is 1. The summed E-state index contributed by atoms with van der Waals surface area (Å²) in [6, 6.07) is 3.13. The van der Waals surface area contributed by atoms with E-state index in [1.54, 1.807) is 6.07 Å². The molecule has 2 rings (SSSR count). The monoisotopic (exact) mass is 277 g/mol. The number of carbonyl (C=O) groups excluding carboxylic acids is 1. The lowest BCUT2D eigenvalue weighted by atomic mass is 10.1. The third kappa shape index (κ3) is 2.91. The molecule has 1 atom stereocenters. The second-order valence-corrected chi connectivity index (χ2v) is 4.10. The number of imidazole rings is 1. The molecule has 0 aliphatic carbocycles. The Bertz CT molecular complexity index is 679. The van der Waals surface area contributed by atoms with Gasteiger partial charge in [-0.3, -0.25) is 9.59 Å². The van der Waals surface area contributed by atoms with Gasteiger partial charge in [-0.05, 0) is 18.2 Å². The summed E-state index contributed by atoms with van der Waals surface area (Å²) in [6.45, 7) is 0. The number of carbonyl (C=O) groups is 3. The van der Waals surface area contributed by atoms with Crippen molar-refractivity contribution < 1.29 is 24.6 Å². The maximum absolute atomic E-state index is 11.9. The largest absolute Gasteiger partial charge is 0.481 e. The zero-order chi connectivity index (χ0) is 14.7. The summed E-state index contributed by atoms with van der Waals surface area (Å²) in [4.78, 5) is 40.1. The minimum Gasteiger partial charge on any atom is -0.481 e. The SMILES string of the molecule is O=C(O)C[C@@H](NC(=O)c1ccc2nc[nH]c2c1)C(=O)O. The Kier molecular flexibility index (Phi) is 3.65. The molecule has 1 amide bonds. The van der Waals surface area contributed by atoms with Crippen LogP contribution in [0.1, 0.15) is 16.8 Å². The van der Waals surface area contributed by atoms with Gasteiger partial charge >= 0.3 is 11.9 Å². The molecular formula is C12H11N3O5. The minimum atomic E-state index is -1.47. The molecule has 104 valence electrons. The third-order valence-electron chi connectivity index (χ3n) is 2.66. The third-order valence-corrected chi connectivity index (χ3v) is 2.66. The van der Waals surface area contributed by atoms with E-state index in [0.717, 1.165) is 0 Å². The van der Waals surface area contributed by atoms with Crippen molar-refractivity contribution in [3.05, 3.63) is 30.1 Å². The van der Waals surface area contributed by atoms with Gasteiger partial charge in [-0.2, -0.15) is 0 Å². The smallest absolute Gasteiger partial charge is 0.326 e. The van der Waals surface area contributed by atoms with Crippen molar-refractivity contribution in [3.63, 3.8) is 0 Å². The standard InChI is InChI=1S/C12H11N3O5/c16-10(17)4-9(12(19)20)15-11(18)6-1-2-7-8(3-6)14-5-13-7/h1-3,5,9H,4H2,(H,13,14)(H,15,18)(H,16,17)(H,19,20)/t9-/m1/s1. The Labute approximate surface area is 112 Å². The van der Waals surface area contributed by atoms with Crippen molar-refractivity contribution in [2.24, 2.45) is 0 Å². The van der Waals surface area contributed by atoms with Crippen LogP contribution in [0.15, 0.2) is 24.5 Å². The highest BCUT2D eigenvalue weighted by molar-refractivity contribution is 5.99. The number of aromatic nitrogens is 2. The van der Waals surface area contributed by atoms with Crippen molar-refractivity contribution in [1.29, 1.82) is 0 Å². The molecular weight excluding hydrogens is 266 g/mol. The average molecular weight is 277 g/mol. The van der Waals surface area contributed by atoms with Crippen molar-refractivity contribution >= 4 is 28.9 Å². The number of aromatic amines is 1. The number of carboxylic acids is 2. The van der Waals surface area contributed by atoms with Gasteiger partial charge in [-0.15, -0.1) is 0 Å². The molecule has 2 aromatic rings. The zero-order valence-corrected chi connectivity index (χ0v) is 10.2. The molecule has 8 heteroatoms. The van der Waals surface area contributed by atoms with Gasteiger partial charge < -0.3 is 20.5 Å². The van der Waals surface area contributed by atoms with Crippen LogP contribution in [-0.2, 0) is 9.59 Å². The Morgan fingerprint density at radius 3 is 2.70 bits per heavy atom. The van der Waals surface area contributed by atoms with Crippen LogP contribution >= 0.6 is 0 Å². The molecule has 0 bridgehead atoms. The Morgan fingerprint density at radius 2 is 2.05 bits per heavy atom. The normalized spacial score (nSPS) is 12.0. The Morgan fingerprint density at radius 1 is 1.30 bits per heavy atom. The van der Waals surface area contributed by atoms with Gasteiger partial charge in [0.2, 0.25) is 0 Å². The maximum Gasteiger partial charge on any atom is 0.326 e. The molecule has 0 saturated carbocycles. The van der Waals surface area contributed by atoms with Gasteiger partial charge in [0, 0.05) is 5.56 Å². The number of nitrogens with zero attached hydrogens (tertiary/aromatic N) is 1. The summed E-state index contributed by atoms with van der Waals surface area (Å²) < 4.78 is 0. The van der Waals surface area contributed by atoms with Crippen LogP contribution in [-0.4, -0.2) is 44.1 Å². The van der Waals surface area contributed by atoms with Gasteiger partial charge in [-0.25, -0.2) is 9.78 Å². The van der Waals surface area contributed by atoms with Crippen LogP contribution < -0.4 is 5.32 Å². The fraction of sp³-hybridized carbons (Fsp3) is 0.167. The number of fused-ring (bicyclic) bond motifs is 1. The molecule has 4 N–H and O–H groups in total. The van der Waals surface area contributed by atoms with Crippen LogP contribution in [0.5, 0.6) is 0 Å². The van der Waals surface area contributed by atoms with E-state index in [0.29, 0.717) is 11.0 Å². The van der Waals surface area contributed by atoms with E-state index >= 15 is 0 Å². The Hall–Kier alpha value is -2.90. The van der Waals surface area contributed by atoms with Gasteiger partial charge in [0.05, 0.1) is 23.8 Å². The van der Waals surface area contributed by atoms with Crippen LogP contribution in [0, 0.1) is 0 Å². The number of H-pyrrole nitrogens is 1. The second-order valence-electron chi connectivity index (χ2n) is 4.10. The van der Waals surface area contributed by atoms with Crippen molar-refractivity contribution in [2.45, 2.75) is 12.5 Å². The van der Waals surface area contributed by atoms with Gasteiger partial charge in [0.15, 0.2) is 0 Å². The van der Waals surface area contributed by atoms with E-state index in [1.807, 2.05) is 0 Å². The van der Waals surface area contributed by atoms with Gasteiger partial charge in [0.1, 0.15) is 6.04 Å². The molecule has 1 aromatic carbocycles. The van der Waals surface area contributed by atoms with Gasteiger partial charge in [-0.1, -0.05) is 0 Å². The quantitative estimate of drug-likeness (QED) is 0.618. The molecule has 0 spiro atoms. The zero-order valence-electron chi connectivity index (χ0n) is 10.2. The summed E-state index contributed by atoms with van der Waals surface area (Å²) in [7, 11) is 0. The van der Waals surface area contributed by atoms with E-state index < -0.39 is 30.3 Å². The first kappa shape index (κ1) is 13.5. The molecule has 0 radical (unpaired) electrons. The molecule has 0 aliphatic heterocycles. The first-order valence-corrected chi connectivity index (χ1v) is 5.66. The number of benzene rings is 1. The summed E-state index contributed by atoms with van der Waals surface area (Å²) in [5.74, 6) is -3.36. The highest BCUT2D eigenvalue weighted by atomic mass is 16.4. The minimum absolute atomic E-state index is 0.221. The van der Waals surface area contributed by atoms with E-state index in [-0.39, 0.29) is 5.56 Å². The molecule has 8 nitrogen and oxygen atoms in total. The summed E-state index contributed by atoms with van der Waals surface area (Å²) in [5, 5.41) is 19.6. The van der Waals surface area contributed by atoms with Crippen molar-refractivity contribution in [3.8, 4) is 0 Å². The van der Waals surface area contributed by atoms with Crippen LogP contribution in [0.4, 0.5) is 0 Å². The first-order chi connectivity index (χ1) is 9.47. The lowest BCUT2D eigenvalue weighted by Gasteiger charge is -2.12. The van der Waals surface area contributed by atoms with E-state index in [1.165, 1.54) is 18.5 Å². The molecule has 0 fully saturated rings. The lowest BCUT2D eigenvalue weighted by Crippen LogP contribution is -2.42. The lowest BCUT2D eigenvalue weighted by molar-refractivity contribution is -0.145. The number of hydrogen-bond acceptors (Lipinski definition) is 4. The van der Waals surface area contributed by atoms with E-state index in [9.17, 15) is 14.4 Å². The molecule has 0 saturated heterocycles. The highest BCUT2D eigenvalue weighted by Gasteiger charge is 2.23. The molecule has 20 heavy (non-hydrogen) atoms. The van der Waals surface area contributed by atoms with Crippen LogP contribution in [0.3, 0.4) is 0 Å². The van der Waals surface area contributed by atoms with Crippen molar-refractivity contribution in [2.75, 3.05) is 0 Å². The molecule has 1 aromatic heterocycles. The van der Waals surface area contributed by atoms with E-state index in [2.05, 4.69) is 15.3 Å². The predicted molar refractivity (Wildman–Crippen MR) is 67.2 cm³/mol. The number of nitrogens with one attached hydrogen (secondary N) is 2. The summed E-state index contributed by atoms with van der Waals surface area (Å²) in [6.07, 6.45) is 0.782. The summed E-state index contributed by atoms with van der Waals surface area (Å²) in [5.41, 5.74) is 1.52. The average Bonchev–Trinajstić information content (AvgIpc) is 2.84. The van der Waals surface area contributed by atoms with Crippen molar-refractivity contribution in [1.82, 2.24) is 15.3 Å². The Balaban J connectivity index is 2.17. The number of aliphatic carboxylic acids is 2. The highest BCUT2D eigenvalue weighted by Crippen LogP contribution is 2.11. The van der Waals surface area contributed by atoms with E-state index in [4.69, 9.17) is 10.2 Å². The number of carboxylic acid groups (broad SMARTS) is 2. The fourth-order valence-corrected chi connectivity index (χ4v) is 1.69. The molecule has 0 unspecified atom stereocenters. The second kappa shape index (κ2) is 5.39.